The number of aromatic nitrogens is 4. The number of aryl methyl sites for hydroxylation is 1. The summed E-state index contributed by atoms with van der Waals surface area (Å²) in [5, 5.41) is 2.43. The second kappa shape index (κ2) is 8.54. The summed E-state index contributed by atoms with van der Waals surface area (Å²) in [6, 6.07) is 23.7. The van der Waals surface area contributed by atoms with Crippen molar-refractivity contribution in [2.45, 2.75) is 6.04 Å². The van der Waals surface area contributed by atoms with Crippen LogP contribution in [0.3, 0.4) is 0 Å². The van der Waals surface area contributed by atoms with Crippen LogP contribution in [0.5, 0.6) is 0 Å². The van der Waals surface area contributed by atoms with Gasteiger partial charge in [-0.05, 0) is 64.7 Å². The quantitative estimate of drug-likeness (QED) is 0.287. The van der Waals surface area contributed by atoms with Crippen LogP contribution in [0.25, 0.3) is 39.1 Å². The molecule has 1 atom stereocenters. The third-order valence-electron chi connectivity index (χ3n) is 6.42. The molecule has 0 aliphatic carbocycles. The summed E-state index contributed by atoms with van der Waals surface area (Å²) in [6.45, 7) is 0. The largest absolute Gasteiger partial charge is 0.332 e. The van der Waals surface area contributed by atoms with Crippen LogP contribution < -0.4 is 5.73 Å². The summed E-state index contributed by atoms with van der Waals surface area (Å²) in [6.07, 6.45) is 5.53. The van der Waals surface area contributed by atoms with Gasteiger partial charge in [0.1, 0.15) is 5.65 Å². The zero-order chi connectivity index (χ0) is 24.1. The highest BCUT2D eigenvalue weighted by atomic mass is 35.5. The van der Waals surface area contributed by atoms with E-state index in [1.54, 1.807) is 6.33 Å². The van der Waals surface area contributed by atoms with Gasteiger partial charge in [-0.1, -0.05) is 53.5 Å². The maximum atomic E-state index is 6.69. The van der Waals surface area contributed by atoms with Gasteiger partial charge >= 0.3 is 0 Å². The molecule has 0 amide bonds. The maximum absolute atomic E-state index is 6.69. The Hall–Kier alpha value is -3.64. The van der Waals surface area contributed by atoms with Gasteiger partial charge in [0.05, 0.1) is 41.7 Å². The second-order valence-corrected chi connectivity index (χ2v) is 9.47. The third kappa shape index (κ3) is 3.78. The second-order valence-electron chi connectivity index (χ2n) is 8.60. The lowest BCUT2D eigenvalue weighted by molar-refractivity contribution is 0.873. The molecule has 6 rings (SSSR count). The van der Waals surface area contributed by atoms with E-state index >= 15 is 0 Å². The molecule has 0 fully saturated rings. The standard InChI is InChI=1S/C28H21Cl2N5/c1-34-16-32-14-25(34)26-15-33-27-13-22(18-3-2-4-21(30)11-18)23-12-19(7-10-24(23)35(26)27)28(31)17-5-8-20(29)9-6-17/h2-16,28H,31H2,1H3. The first-order valence-electron chi connectivity index (χ1n) is 11.2. The molecule has 0 spiro atoms. The van der Waals surface area contributed by atoms with E-state index in [0.717, 1.165) is 50.2 Å². The van der Waals surface area contributed by atoms with E-state index in [1.165, 1.54) is 0 Å². The number of rotatable bonds is 4. The molecule has 35 heavy (non-hydrogen) atoms. The van der Waals surface area contributed by atoms with Gasteiger partial charge in [0.15, 0.2) is 0 Å². The number of benzene rings is 3. The van der Waals surface area contributed by atoms with Crippen LogP contribution in [0, 0.1) is 0 Å². The lowest BCUT2D eigenvalue weighted by Crippen LogP contribution is -2.11. The number of hydrogen-bond donors (Lipinski definition) is 1. The minimum Gasteiger partial charge on any atom is -0.332 e. The molecule has 1 unspecified atom stereocenters. The summed E-state index contributed by atoms with van der Waals surface area (Å²) < 4.78 is 4.16. The van der Waals surface area contributed by atoms with Gasteiger partial charge in [-0.2, -0.15) is 0 Å². The van der Waals surface area contributed by atoms with Crippen LogP contribution >= 0.6 is 23.2 Å². The van der Waals surface area contributed by atoms with Crippen molar-refractivity contribution < 1.29 is 0 Å². The van der Waals surface area contributed by atoms with E-state index in [-0.39, 0.29) is 6.04 Å². The highest BCUT2D eigenvalue weighted by Crippen LogP contribution is 2.36. The van der Waals surface area contributed by atoms with Crippen LogP contribution in [0.4, 0.5) is 0 Å². The van der Waals surface area contributed by atoms with Crippen molar-refractivity contribution in [3.63, 3.8) is 0 Å². The summed E-state index contributed by atoms with van der Waals surface area (Å²) in [7, 11) is 1.98. The number of pyridine rings is 1. The zero-order valence-corrected chi connectivity index (χ0v) is 20.4. The Balaban J connectivity index is 1.63. The average Bonchev–Trinajstić information content (AvgIpc) is 3.49. The predicted molar refractivity (Wildman–Crippen MR) is 143 cm³/mol. The molecule has 3 aromatic heterocycles. The van der Waals surface area contributed by atoms with Crippen molar-refractivity contribution >= 4 is 39.8 Å². The van der Waals surface area contributed by atoms with Gasteiger partial charge in [0.25, 0.3) is 0 Å². The number of hydrogen-bond acceptors (Lipinski definition) is 3. The van der Waals surface area contributed by atoms with Crippen molar-refractivity contribution in [2.75, 3.05) is 0 Å². The molecule has 3 heterocycles. The molecule has 0 aliphatic rings. The Bertz CT molecular complexity index is 1700. The Morgan fingerprint density at radius 3 is 2.37 bits per heavy atom. The van der Waals surface area contributed by atoms with E-state index in [2.05, 4.69) is 39.7 Å². The molecular formula is C28H21Cl2N5. The molecule has 0 bridgehead atoms. The molecule has 0 radical (unpaired) electrons. The molecular weight excluding hydrogens is 477 g/mol. The first-order valence-corrected chi connectivity index (χ1v) is 11.9. The first-order chi connectivity index (χ1) is 17.0. The molecule has 2 N–H and O–H groups in total. The summed E-state index contributed by atoms with van der Waals surface area (Å²) >= 11 is 12.5. The Morgan fingerprint density at radius 2 is 1.63 bits per heavy atom. The lowest BCUT2D eigenvalue weighted by Gasteiger charge is -2.17. The highest BCUT2D eigenvalue weighted by molar-refractivity contribution is 6.31. The monoisotopic (exact) mass is 497 g/mol. The van der Waals surface area contributed by atoms with Crippen molar-refractivity contribution in [1.29, 1.82) is 0 Å². The fourth-order valence-corrected chi connectivity index (χ4v) is 4.94. The third-order valence-corrected chi connectivity index (χ3v) is 6.90. The van der Waals surface area contributed by atoms with Gasteiger partial charge in [-0.25, -0.2) is 9.97 Å². The van der Waals surface area contributed by atoms with E-state index in [0.29, 0.717) is 10.0 Å². The van der Waals surface area contributed by atoms with Gasteiger partial charge in [-0.15, -0.1) is 0 Å². The van der Waals surface area contributed by atoms with E-state index in [1.807, 2.05) is 66.5 Å². The van der Waals surface area contributed by atoms with Crippen LogP contribution in [0.1, 0.15) is 17.2 Å². The van der Waals surface area contributed by atoms with Crippen LogP contribution in [-0.4, -0.2) is 18.9 Å². The number of halogens is 2. The van der Waals surface area contributed by atoms with Crippen LogP contribution in [0.2, 0.25) is 10.0 Å². The summed E-state index contributed by atoms with van der Waals surface area (Å²) in [5.41, 5.74) is 14.6. The maximum Gasteiger partial charge on any atom is 0.138 e. The van der Waals surface area contributed by atoms with Gasteiger partial charge < -0.3 is 10.3 Å². The fraction of sp³-hybridized carbons (Fsp3) is 0.0714. The molecule has 0 aliphatic heterocycles. The van der Waals surface area contributed by atoms with Crippen LogP contribution in [-0.2, 0) is 7.05 Å². The summed E-state index contributed by atoms with van der Waals surface area (Å²) in [4.78, 5) is 9.04. The number of nitrogens with zero attached hydrogens (tertiary/aromatic N) is 4. The van der Waals surface area contributed by atoms with Crippen molar-refractivity contribution in [1.82, 2.24) is 18.9 Å². The summed E-state index contributed by atoms with van der Waals surface area (Å²) in [5.74, 6) is 0. The molecule has 3 aromatic carbocycles. The average molecular weight is 498 g/mol. The van der Waals surface area contributed by atoms with Crippen molar-refractivity contribution in [3.05, 3.63) is 113 Å². The van der Waals surface area contributed by atoms with Crippen molar-refractivity contribution in [2.24, 2.45) is 12.8 Å². The molecule has 172 valence electrons. The predicted octanol–water partition coefficient (Wildman–Crippen LogP) is 6.91. The topological polar surface area (TPSA) is 61.1 Å². The molecule has 6 aromatic rings. The van der Waals surface area contributed by atoms with E-state index in [4.69, 9.17) is 33.9 Å². The molecule has 7 heteroatoms. The lowest BCUT2D eigenvalue weighted by atomic mass is 9.94. The van der Waals surface area contributed by atoms with Gasteiger partial charge in [0.2, 0.25) is 0 Å². The molecule has 5 nitrogen and oxygen atoms in total. The van der Waals surface area contributed by atoms with Crippen molar-refractivity contribution in [3.8, 4) is 22.5 Å². The minimum absolute atomic E-state index is 0.293. The van der Waals surface area contributed by atoms with Crippen LogP contribution in [0.15, 0.2) is 91.5 Å². The number of nitrogens with two attached hydrogens (primary N) is 1. The SMILES string of the molecule is Cn1cncc1-c1cnc2cc(-c3cccc(Cl)c3)c3cc(C(N)c4ccc(Cl)cc4)ccc3n12. The Morgan fingerprint density at radius 1 is 0.829 bits per heavy atom. The normalized spacial score (nSPS) is 12.5. The van der Waals surface area contributed by atoms with E-state index in [9.17, 15) is 0 Å². The van der Waals surface area contributed by atoms with E-state index < -0.39 is 0 Å². The highest BCUT2D eigenvalue weighted by Gasteiger charge is 2.18. The smallest absolute Gasteiger partial charge is 0.138 e. The number of fused-ring (bicyclic) bond motifs is 3. The number of imidazole rings is 2. The zero-order valence-electron chi connectivity index (χ0n) is 18.9. The van der Waals surface area contributed by atoms with Gasteiger partial charge in [-0.3, -0.25) is 4.40 Å². The Labute approximate surface area is 212 Å². The molecule has 0 saturated heterocycles. The fourth-order valence-electron chi connectivity index (χ4n) is 4.63. The minimum atomic E-state index is -0.293. The first kappa shape index (κ1) is 21.9. The molecule has 0 saturated carbocycles. The Kier molecular flexibility index (Phi) is 5.33. The van der Waals surface area contributed by atoms with Gasteiger partial charge in [0, 0.05) is 22.5 Å².